The Kier molecular flexibility index (Phi) is 9.71. The summed E-state index contributed by atoms with van der Waals surface area (Å²) in [7, 11) is 1.83. The zero-order chi connectivity index (χ0) is 31.7. The highest BCUT2D eigenvalue weighted by Crippen LogP contribution is 2.33. The first-order valence-electron chi connectivity index (χ1n) is 15.8. The molecule has 1 N–H and O–H groups in total. The molecule has 1 aromatic heterocycles. The molecule has 240 valence electrons. The molecular formula is C34H40Cl2N4O5. The summed E-state index contributed by atoms with van der Waals surface area (Å²) >= 11 is 13.3. The molecule has 0 spiro atoms. The number of fused-ring (bicyclic) bond motifs is 1. The second kappa shape index (κ2) is 13.7. The lowest BCUT2D eigenvalue weighted by atomic mass is 9.89. The lowest BCUT2D eigenvalue weighted by molar-refractivity contribution is -0.135. The standard InChI is InChI=1S/C34H40Cl2N4O5/c1-21-7-9-25(10-8-21)44-19-24-15-23(39-12-11-38(2)33(42)18-39)17-40(24)32(41)14-22-13-29(36)30(16-28(22)35)37-34(43)27-20-45-31-6-4-3-5-26(27)31/h3-6,13,16,20-21,23-25H,7-12,14-15,17-19H2,1-2H3,(H,37,43)/t21-,23-,24-,25-/m0/s1. The lowest BCUT2D eigenvalue weighted by Gasteiger charge is -2.35. The molecule has 9 nitrogen and oxygen atoms in total. The maximum atomic E-state index is 13.9. The summed E-state index contributed by atoms with van der Waals surface area (Å²) in [5, 5.41) is 4.14. The maximum absolute atomic E-state index is 13.9. The van der Waals surface area contributed by atoms with E-state index < -0.39 is 0 Å². The van der Waals surface area contributed by atoms with E-state index in [4.69, 9.17) is 32.4 Å². The minimum Gasteiger partial charge on any atom is -0.463 e. The van der Waals surface area contributed by atoms with Gasteiger partial charge in [-0.3, -0.25) is 19.3 Å². The average Bonchev–Trinajstić information content (AvgIpc) is 3.66. The molecule has 45 heavy (non-hydrogen) atoms. The molecule has 11 heteroatoms. The molecule has 2 saturated heterocycles. The van der Waals surface area contributed by atoms with Gasteiger partial charge in [-0.2, -0.15) is 0 Å². The number of amides is 3. The van der Waals surface area contributed by atoms with E-state index >= 15 is 0 Å². The van der Waals surface area contributed by atoms with Crippen LogP contribution in [0.2, 0.25) is 10.0 Å². The van der Waals surface area contributed by atoms with Crippen molar-refractivity contribution in [1.29, 1.82) is 0 Å². The number of halogens is 2. The van der Waals surface area contributed by atoms with Crippen molar-refractivity contribution in [1.82, 2.24) is 14.7 Å². The normalized spacial score (nSPS) is 24.4. The summed E-state index contributed by atoms with van der Waals surface area (Å²) < 4.78 is 11.9. The van der Waals surface area contributed by atoms with Gasteiger partial charge in [0.25, 0.3) is 5.91 Å². The van der Waals surface area contributed by atoms with Crippen molar-refractivity contribution in [3.63, 3.8) is 0 Å². The van der Waals surface area contributed by atoms with Crippen LogP contribution in [0.15, 0.2) is 47.1 Å². The Morgan fingerprint density at radius 2 is 1.84 bits per heavy atom. The third kappa shape index (κ3) is 7.17. The van der Waals surface area contributed by atoms with Crippen LogP contribution in [0.3, 0.4) is 0 Å². The van der Waals surface area contributed by atoms with Crippen LogP contribution in [-0.2, 0) is 20.7 Å². The molecule has 1 aliphatic carbocycles. The lowest BCUT2D eigenvalue weighted by Crippen LogP contribution is -2.52. The van der Waals surface area contributed by atoms with Crippen LogP contribution >= 0.6 is 23.2 Å². The molecule has 0 unspecified atom stereocenters. The number of carbonyl (C=O) groups is 3. The Bertz CT molecular complexity index is 1570. The van der Waals surface area contributed by atoms with Crippen LogP contribution in [0.25, 0.3) is 11.0 Å². The van der Waals surface area contributed by atoms with Gasteiger partial charge in [-0.05, 0) is 61.8 Å². The monoisotopic (exact) mass is 654 g/mol. The highest BCUT2D eigenvalue weighted by atomic mass is 35.5. The van der Waals surface area contributed by atoms with Gasteiger partial charge < -0.3 is 24.3 Å². The molecule has 3 fully saturated rings. The quantitative estimate of drug-likeness (QED) is 0.326. The number of piperazine rings is 1. The molecule has 2 aliphatic heterocycles. The second-order valence-corrected chi connectivity index (χ2v) is 13.6. The number of rotatable bonds is 8. The number of furan rings is 1. The predicted octanol–water partition coefficient (Wildman–Crippen LogP) is 5.87. The summed E-state index contributed by atoms with van der Waals surface area (Å²) in [5.41, 5.74) is 1.93. The van der Waals surface area contributed by atoms with Crippen molar-refractivity contribution in [3.8, 4) is 0 Å². The van der Waals surface area contributed by atoms with Gasteiger partial charge in [-0.25, -0.2) is 0 Å². The predicted molar refractivity (Wildman–Crippen MR) is 175 cm³/mol. The summed E-state index contributed by atoms with van der Waals surface area (Å²) in [6.45, 7) is 5.12. The van der Waals surface area contributed by atoms with Gasteiger partial charge in [-0.15, -0.1) is 0 Å². The van der Waals surface area contributed by atoms with E-state index in [0.29, 0.717) is 59.0 Å². The maximum Gasteiger partial charge on any atom is 0.259 e. The first-order valence-corrected chi connectivity index (χ1v) is 16.6. The van der Waals surface area contributed by atoms with Gasteiger partial charge >= 0.3 is 0 Å². The molecule has 3 aliphatic rings. The number of hydrogen-bond acceptors (Lipinski definition) is 6. The fourth-order valence-corrected chi connectivity index (χ4v) is 7.24. The Morgan fingerprint density at radius 1 is 1.07 bits per heavy atom. The van der Waals surface area contributed by atoms with Gasteiger partial charge in [0.15, 0.2) is 0 Å². The zero-order valence-corrected chi connectivity index (χ0v) is 27.3. The van der Waals surface area contributed by atoms with Gasteiger partial charge in [-0.1, -0.05) is 48.3 Å². The van der Waals surface area contributed by atoms with Crippen molar-refractivity contribution in [2.24, 2.45) is 5.92 Å². The molecular weight excluding hydrogens is 615 g/mol. The number of ether oxygens (including phenoxy) is 1. The summed E-state index contributed by atoms with van der Waals surface area (Å²) in [6.07, 6.45) is 6.88. The molecule has 3 heterocycles. The van der Waals surface area contributed by atoms with E-state index in [1.54, 1.807) is 23.1 Å². The van der Waals surface area contributed by atoms with Crippen LogP contribution in [0.1, 0.15) is 54.9 Å². The highest BCUT2D eigenvalue weighted by Gasteiger charge is 2.40. The Balaban J connectivity index is 1.14. The van der Waals surface area contributed by atoms with E-state index in [-0.39, 0.29) is 47.4 Å². The average molecular weight is 656 g/mol. The topological polar surface area (TPSA) is 95.3 Å². The van der Waals surface area contributed by atoms with Crippen LogP contribution in [-0.4, -0.2) is 90.4 Å². The van der Waals surface area contributed by atoms with Crippen molar-refractivity contribution in [2.75, 3.05) is 45.2 Å². The third-order valence-corrected chi connectivity index (χ3v) is 10.3. The SMILES string of the molecule is CN1CCN([C@H]2C[C@@H](CO[C@H]3CC[C@H](C)CC3)N(C(=O)Cc3cc(Cl)c(NC(=O)c4coc5ccccc45)cc3Cl)C2)CC1=O. The number of likely N-dealkylation sites (N-methyl/N-ethyl adjacent to an activating group) is 1. The first kappa shape index (κ1) is 31.9. The van der Waals surface area contributed by atoms with E-state index in [2.05, 4.69) is 17.1 Å². The fraction of sp³-hybridized carbons (Fsp3) is 0.500. The summed E-state index contributed by atoms with van der Waals surface area (Å²) in [5.74, 6) is 0.394. The van der Waals surface area contributed by atoms with Crippen LogP contribution < -0.4 is 5.32 Å². The Hall–Kier alpha value is -3.11. The highest BCUT2D eigenvalue weighted by molar-refractivity contribution is 6.36. The molecule has 2 atom stereocenters. The molecule has 1 saturated carbocycles. The minimum atomic E-state index is -0.373. The molecule has 3 amide bonds. The Morgan fingerprint density at radius 3 is 2.62 bits per heavy atom. The van der Waals surface area contributed by atoms with Crippen molar-refractivity contribution in [3.05, 3.63) is 63.8 Å². The number of benzene rings is 2. The third-order valence-electron chi connectivity index (χ3n) is 9.65. The van der Waals surface area contributed by atoms with Crippen LogP contribution in [0.5, 0.6) is 0 Å². The number of nitrogens with zero attached hydrogens (tertiary/aromatic N) is 3. The smallest absolute Gasteiger partial charge is 0.259 e. The number of anilines is 1. The van der Waals surface area contributed by atoms with Gasteiger partial charge in [0.1, 0.15) is 11.8 Å². The Labute approximate surface area is 273 Å². The molecule has 2 aromatic carbocycles. The number of hydrogen-bond donors (Lipinski definition) is 1. The molecule has 3 aromatic rings. The van der Waals surface area contributed by atoms with E-state index in [1.165, 1.54) is 19.1 Å². The molecule has 6 rings (SSSR count). The fourth-order valence-electron chi connectivity index (χ4n) is 6.78. The van der Waals surface area contributed by atoms with E-state index in [9.17, 15) is 14.4 Å². The number of carbonyl (C=O) groups excluding carboxylic acids is 3. The van der Waals surface area contributed by atoms with Crippen LogP contribution in [0.4, 0.5) is 5.69 Å². The number of para-hydroxylation sites is 1. The molecule has 0 bridgehead atoms. The number of likely N-dealkylation sites (tertiary alicyclic amines) is 1. The molecule has 0 radical (unpaired) electrons. The van der Waals surface area contributed by atoms with E-state index in [0.717, 1.165) is 31.7 Å². The zero-order valence-electron chi connectivity index (χ0n) is 25.8. The van der Waals surface area contributed by atoms with Crippen molar-refractivity contribution in [2.45, 2.75) is 63.6 Å². The van der Waals surface area contributed by atoms with Gasteiger partial charge in [0, 0.05) is 43.1 Å². The van der Waals surface area contributed by atoms with Gasteiger partial charge in [0.2, 0.25) is 11.8 Å². The first-order chi connectivity index (χ1) is 21.7. The summed E-state index contributed by atoms with van der Waals surface area (Å²) in [6, 6.07) is 10.5. The summed E-state index contributed by atoms with van der Waals surface area (Å²) in [4.78, 5) is 45.2. The largest absolute Gasteiger partial charge is 0.463 e. The van der Waals surface area contributed by atoms with Crippen molar-refractivity contribution < 1.29 is 23.5 Å². The van der Waals surface area contributed by atoms with Crippen molar-refractivity contribution >= 4 is 57.6 Å². The van der Waals surface area contributed by atoms with E-state index in [1.807, 2.05) is 30.1 Å². The van der Waals surface area contributed by atoms with Gasteiger partial charge in [0.05, 0.1) is 48.0 Å². The number of nitrogens with one attached hydrogen (secondary N) is 1. The van der Waals surface area contributed by atoms with Crippen LogP contribution in [0, 0.1) is 5.92 Å². The minimum absolute atomic E-state index is 0.0605. The second-order valence-electron chi connectivity index (χ2n) is 12.8.